The van der Waals surface area contributed by atoms with Crippen molar-refractivity contribution < 1.29 is 4.39 Å². The molecule has 0 fully saturated rings. The summed E-state index contributed by atoms with van der Waals surface area (Å²) in [6, 6.07) is 10.7. The van der Waals surface area contributed by atoms with Crippen molar-refractivity contribution in [1.82, 2.24) is 9.38 Å². The minimum absolute atomic E-state index is 0.307. The Balaban J connectivity index is 2.34. The number of nitrogens with zero attached hydrogens (tertiary/aromatic N) is 2. The molecule has 2 aromatic heterocycles. The molecule has 0 saturated carbocycles. The van der Waals surface area contributed by atoms with Crippen LogP contribution in [-0.2, 0) is 0 Å². The number of halogens is 1. The number of hydrogen-bond donors (Lipinski definition) is 1. The first-order valence-electron chi connectivity index (χ1n) is 6.08. The highest BCUT2D eigenvalue weighted by Gasteiger charge is 2.15. The molecule has 19 heavy (non-hydrogen) atoms. The second-order valence-electron chi connectivity index (χ2n) is 4.69. The van der Waals surface area contributed by atoms with E-state index >= 15 is 0 Å². The van der Waals surface area contributed by atoms with Crippen molar-refractivity contribution in [3.63, 3.8) is 0 Å². The molecule has 0 spiro atoms. The molecular formula is C15H14FN3. The Hall–Kier alpha value is -2.36. The maximum Gasteiger partial charge on any atom is 0.139 e. The first-order valence-corrected chi connectivity index (χ1v) is 6.08. The van der Waals surface area contributed by atoms with E-state index in [1.165, 1.54) is 6.07 Å². The molecule has 0 aliphatic rings. The van der Waals surface area contributed by atoms with Crippen molar-refractivity contribution in [2.75, 3.05) is 5.73 Å². The molecule has 0 radical (unpaired) electrons. The highest BCUT2D eigenvalue weighted by molar-refractivity contribution is 5.76. The van der Waals surface area contributed by atoms with Gasteiger partial charge in [0.2, 0.25) is 0 Å². The third kappa shape index (κ3) is 1.76. The van der Waals surface area contributed by atoms with Gasteiger partial charge in [0.1, 0.15) is 23.0 Å². The largest absolute Gasteiger partial charge is 0.383 e. The van der Waals surface area contributed by atoms with Gasteiger partial charge in [-0.25, -0.2) is 9.37 Å². The van der Waals surface area contributed by atoms with E-state index in [1.807, 2.05) is 36.4 Å². The third-order valence-corrected chi connectivity index (χ3v) is 3.25. The minimum atomic E-state index is -0.307. The van der Waals surface area contributed by atoms with Crippen LogP contribution in [0.2, 0.25) is 0 Å². The molecule has 3 nitrogen and oxygen atoms in total. The lowest BCUT2D eigenvalue weighted by Gasteiger charge is -2.04. The minimum Gasteiger partial charge on any atom is -0.383 e. The zero-order valence-electron chi connectivity index (χ0n) is 10.8. The SMILES string of the molecule is Cc1ccc(F)c(-c2nc3cccc(C)n3c2N)c1. The summed E-state index contributed by atoms with van der Waals surface area (Å²) in [6.45, 7) is 3.86. The molecule has 3 aromatic rings. The van der Waals surface area contributed by atoms with Crippen LogP contribution in [-0.4, -0.2) is 9.38 Å². The van der Waals surface area contributed by atoms with Gasteiger partial charge in [-0.1, -0.05) is 17.7 Å². The monoisotopic (exact) mass is 255 g/mol. The molecule has 96 valence electrons. The zero-order valence-corrected chi connectivity index (χ0v) is 10.8. The van der Waals surface area contributed by atoms with Gasteiger partial charge in [-0.3, -0.25) is 4.40 Å². The maximum atomic E-state index is 14.0. The van der Waals surface area contributed by atoms with Crippen molar-refractivity contribution in [2.24, 2.45) is 0 Å². The second-order valence-corrected chi connectivity index (χ2v) is 4.69. The lowest BCUT2D eigenvalue weighted by Crippen LogP contribution is -1.98. The molecule has 2 heterocycles. The van der Waals surface area contributed by atoms with Gasteiger partial charge in [0.15, 0.2) is 0 Å². The summed E-state index contributed by atoms with van der Waals surface area (Å²) in [5.41, 5.74) is 9.75. The molecule has 0 bridgehead atoms. The summed E-state index contributed by atoms with van der Waals surface area (Å²) in [4.78, 5) is 4.44. The quantitative estimate of drug-likeness (QED) is 0.724. The van der Waals surface area contributed by atoms with Crippen LogP contribution >= 0.6 is 0 Å². The predicted octanol–water partition coefficient (Wildman–Crippen LogP) is 3.34. The summed E-state index contributed by atoms with van der Waals surface area (Å²) >= 11 is 0. The van der Waals surface area contributed by atoms with Gasteiger partial charge in [-0.2, -0.15) is 0 Å². The average molecular weight is 255 g/mol. The van der Waals surface area contributed by atoms with E-state index in [-0.39, 0.29) is 5.82 Å². The van der Waals surface area contributed by atoms with Crippen molar-refractivity contribution >= 4 is 11.5 Å². The van der Waals surface area contributed by atoms with Crippen LogP contribution < -0.4 is 5.73 Å². The van der Waals surface area contributed by atoms with Crippen LogP contribution in [0.4, 0.5) is 10.2 Å². The number of nitrogens with two attached hydrogens (primary N) is 1. The molecule has 0 unspecified atom stereocenters. The van der Waals surface area contributed by atoms with Gasteiger partial charge >= 0.3 is 0 Å². The van der Waals surface area contributed by atoms with E-state index in [0.29, 0.717) is 17.1 Å². The summed E-state index contributed by atoms with van der Waals surface area (Å²) in [5, 5.41) is 0. The molecule has 1 aromatic carbocycles. The van der Waals surface area contributed by atoms with Gasteiger partial charge in [0.25, 0.3) is 0 Å². The normalized spacial score (nSPS) is 11.1. The van der Waals surface area contributed by atoms with E-state index in [2.05, 4.69) is 4.98 Å². The van der Waals surface area contributed by atoms with Gasteiger partial charge < -0.3 is 5.73 Å². The summed E-state index contributed by atoms with van der Waals surface area (Å²) < 4.78 is 15.8. The van der Waals surface area contributed by atoms with Gasteiger partial charge in [0.05, 0.1) is 0 Å². The number of rotatable bonds is 1. The van der Waals surface area contributed by atoms with Crippen LogP contribution in [0.5, 0.6) is 0 Å². The molecule has 0 aliphatic carbocycles. The van der Waals surface area contributed by atoms with E-state index in [9.17, 15) is 4.39 Å². The van der Waals surface area contributed by atoms with Crippen LogP contribution in [0, 0.1) is 19.7 Å². The number of imidazole rings is 1. The van der Waals surface area contributed by atoms with Crippen LogP contribution in [0.3, 0.4) is 0 Å². The number of aromatic nitrogens is 2. The summed E-state index contributed by atoms with van der Waals surface area (Å²) in [7, 11) is 0. The smallest absolute Gasteiger partial charge is 0.139 e. The number of fused-ring (bicyclic) bond motifs is 1. The Bertz CT molecular complexity index is 774. The Labute approximate surface area is 110 Å². The van der Waals surface area contributed by atoms with E-state index in [4.69, 9.17) is 5.73 Å². The Morgan fingerprint density at radius 2 is 1.95 bits per heavy atom. The van der Waals surface area contributed by atoms with Crippen molar-refractivity contribution in [2.45, 2.75) is 13.8 Å². The van der Waals surface area contributed by atoms with Crippen molar-refractivity contribution in [3.8, 4) is 11.3 Å². The Morgan fingerprint density at radius 1 is 1.16 bits per heavy atom. The molecular weight excluding hydrogens is 241 g/mol. The molecule has 3 rings (SSSR count). The highest BCUT2D eigenvalue weighted by atomic mass is 19.1. The third-order valence-electron chi connectivity index (χ3n) is 3.25. The van der Waals surface area contributed by atoms with Crippen molar-refractivity contribution in [3.05, 3.63) is 53.5 Å². The van der Waals surface area contributed by atoms with Gasteiger partial charge in [-0.05, 0) is 38.1 Å². The topological polar surface area (TPSA) is 43.3 Å². The Morgan fingerprint density at radius 3 is 2.68 bits per heavy atom. The Kier molecular flexibility index (Phi) is 2.52. The molecule has 2 N–H and O–H groups in total. The lowest BCUT2D eigenvalue weighted by molar-refractivity contribution is 0.630. The average Bonchev–Trinajstić information content (AvgIpc) is 2.71. The fraction of sp³-hybridized carbons (Fsp3) is 0.133. The molecule has 4 heteroatoms. The fourth-order valence-corrected chi connectivity index (χ4v) is 2.30. The maximum absolute atomic E-state index is 14.0. The molecule has 0 aliphatic heterocycles. The number of pyridine rings is 1. The zero-order chi connectivity index (χ0) is 13.6. The van der Waals surface area contributed by atoms with Crippen molar-refractivity contribution in [1.29, 1.82) is 0 Å². The molecule has 0 amide bonds. The van der Waals surface area contributed by atoms with E-state index in [1.54, 1.807) is 12.1 Å². The molecule has 0 atom stereocenters. The van der Waals surface area contributed by atoms with Gasteiger partial charge in [-0.15, -0.1) is 0 Å². The summed E-state index contributed by atoms with van der Waals surface area (Å²) in [6.07, 6.45) is 0. The second kappa shape index (κ2) is 4.09. The number of nitrogen functional groups attached to an aromatic ring is 1. The summed E-state index contributed by atoms with van der Waals surface area (Å²) in [5.74, 6) is 0.163. The molecule has 0 saturated heterocycles. The first-order chi connectivity index (χ1) is 9.08. The number of hydrogen-bond acceptors (Lipinski definition) is 2. The fourth-order valence-electron chi connectivity index (χ4n) is 2.30. The van der Waals surface area contributed by atoms with Crippen LogP contribution in [0.25, 0.3) is 16.9 Å². The van der Waals surface area contributed by atoms with E-state index in [0.717, 1.165) is 16.9 Å². The predicted molar refractivity (Wildman–Crippen MR) is 74.5 cm³/mol. The van der Waals surface area contributed by atoms with Crippen LogP contribution in [0.1, 0.15) is 11.3 Å². The number of aryl methyl sites for hydroxylation is 2. The van der Waals surface area contributed by atoms with Gasteiger partial charge in [0, 0.05) is 11.3 Å². The standard InChI is InChI=1S/C15H14FN3/c1-9-6-7-12(16)11(8-9)14-15(17)19-10(2)4-3-5-13(19)18-14/h3-8H,17H2,1-2H3. The van der Waals surface area contributed by atoms with Crippen LogP contribution in [0.15, 0.2) is 36.4 Å². The number of benzene rings is 1. The first kappa shape index (κ1) is 11.7. The highest BCUT2D eigenvalue weighted by Crippen LogP contribution is 2.29. The lowest BCUT2D eigenvalue weighted by atomic mass is 10.1. The number of anilines is 1. The van der Waals surface area contributed by atoms with E-state index < -0.39 is 0 Å².